The molecule has 0 radical (unpaired) electrons. The second-order valence-electron chi connectivity index (χ2n) is 4.95. The number of aryl methyl sites for hydroxylation is 3. The lowest BCUT2D eigenvalue weighted by Crippen LogP contribution is -1.86. The van der Waals surface area contributed by atoms with Gasteiger partial charge in [-0.3, -0.25) is 0 Å². The van der Waals surface area contributed by atoms with Gasteiger partial charge < -0.3 is 0 Å². The fourth-order valence-electron chi connectivity index (χ4n) is 1.54. The molecule has 0 heteroatoms. The van der Waals surface area contributed by atoms with Gasteiger partial charge in [0, 0.05) is 0 Å². The molecule has 0 unspecified atom stereocenters. The minimum absolute atomic E-state index is 0.935. The lowest BCUT2D eigenvalue weighted by Gasteiger charge is -2.04. The minimum Gasteiger partial charge on any atom is -0.106 e. The van der Waals surface area contributed by atoms with E-state index >= 15 is 0 Å². The van der Waals surface area contributed by atoms with Crippen LogP contribution >= 0.6 is 0 Å². The molecule has 0 aliphatic heterocycles. The highest BCUT2D eigenvalue weighted by Gasteiger charge is 1.96. The van der Waals surface area contributed by atoms with Crippen molar-refractivity contribution in [3.05, 3.63) is 47.5 Å². The van der Waals surface area contributed by atoms with Gasteiger partial charge in [0.1, 0.15) is 0 Å². The van der Waals surface area contributed by atoms with E-state index in [0.29, 0.717) is 0 Å². The Morgan fingerprint density at radius 3 is 1.23 bits per heavy atom. The van der Waals surface area contributed by atoms with Gasteiger partial charge in [-0.15, -0.1) is 13.2 Å². The van der Waals surface area contributed by atoms with E-state index in [2.05, 4.69) is 73.8 Å². The standard InChI is InChI=1S/C10H14.C6H14.2C2H6.C2H4/c1-7-5-8(2)10(4)9(3)6-7;1-4-6(3)5-2;3*1-2/h5-6H,1-4H3;6H,4-5H2,1-3H3;2*1-2H3;1-2H2. The Hall–Kier alpha value is -1.04. The van der Waals surface area contributed by atoms with Crippen LogP contribution in [0.25, 0.3) is 0 Å². The molecule has 0 aliphatic carbocycles. The van der Waals surface area contributed by atoms with E-state index in [1.165, 1.54) is 35.1 Å². The zero-order chi connectivity index (χ0) is 18.7. The second-order valence-corrected chi connectivity index (χ2v) is 4.95. The summed E-state index contributed by atoms with van der Waals surface area (Å²) in [7, 11) is 0. The van der Waals surface area contributed by atoms with Crippen molar-refractivity contribution in [3.8, 4) is 0 Å². The van der Waals surface area contributed by atoms with Gasteiger partial charge in [-0.1, -0.05) is 79.0 Å². The highest BCUT2D eigenvalue weighted by Crippen LogP contribution is 2.13. The Balaban J connectivity index is -0.000000117. The molecular weight excluding hydrogens is 264 g/mol. The molecule has 0 saturated carbocycles. The van der Waals surface area contributed by atoms with Gasteiger partial charge in [0.05, 0.1) is 0 Å². The molecule has 22 heavy (non-hydrogen) atoms. The number of hydrogen-bond donors (Lipinski definition) is 0. The van der Waals surface area contributed by atoms with Crippen LogP contribution in [0.15, 0.2) is 25.3 Å². The van der Waals surface area contributed by atoms with E-state index in [-0.39, 0.29) is 0 Å². The molecule has 0 N–H and O–H groups in total. The van der Waals surface area contributed by atoms with Crippen LogP contribution in [0.2, 0.25) is 0 Å². The van der Waals surface area contributed by atoms with Crippen LogP contribution in [-0.4, -0.2) is 0 Å². The Bertz CT molecular complexity index is 296. The maximum atomic E-state index is 3.00. The smallest absolute Gasteiger partial charge is 0.0392 e. The number of benzene rings is 1. The van der Waals surface area contributed by atoms with E-state index in [0.717, 1.165) is 5.92 Å². The van der Waals surface area contributed by atoms with E-state index < -0.39 is 0 Å². The van der Waals surface area contributed by atoms with Gasteiger partial charge in [-0.2, -0.15) is 0 Å². The van der Waals surface area contributed by atoms with Crippen molar-refractivity contribution in [1.82, 2.24) is 0 Å². The summed E-state index contributed by atoms with van der Waals surface area (Å²) >= 11 is 0. The fourth-order valence-corrected chi connectivity index (χ4v) is 1.54. The molecule has 1 aromatic rings. The van der Waals surface area contributed by atoms with Gasteiger partial charge in [0.2, 0.25) is 0 Å². The molecule has 0 saturated heterocycles. The van der Waals surface area contributed by atoms with Crippen molar-refractivity contribution in [2.75, 3.05) is 0 Å². The van der Waals surface area contributed by atoms with Crippen LogP contribution in [0.5, 0.6) is 0 Å². The summed E-state index contributed by atoms with van der Waals surface area (Å²) in [5.74, 6) is 0.935. The molecule has 1 aromatic carbocycles. The Morgan fingerprint density at radius 2 is 1.05 bits per heavy atom. The van der Waals surface area contributed by atoms with Crippen LogP contribution in [0.1, 0.15) is 83.6 Å². The summed E-state index contributed by atoms with van der Waals surface area (Å²) in [6.45, 7) is 29.4. The summed E-state index contributed by atoms with van der Waals surface area (Å²) in [5, 5.41) is 0. The van der Waals surface area contributed by atoms with Crippen LogP contribution in [-0.2, 0) is 0 Å². The minimum atomic E-state index is 0.935. The SMILES string of the molecule is C=C.CC.CC.CCC(C)CC.Cc1cc(C)c(C)c(C)c1. The number of hydrogen-bond acceptors (Lipinski definition) is 0. The second kappa shape index (κ2) is 22.2. The van der Waals surface area contributed by atoms with Crippen molar-refractivity contribution in [2.45, 2.75) is 89.0 Å². The van der Waals surface area contributed by atoms with Crippen LogP contribution in [0.4, 0.5) is 0 Å². The van der Waals surface area contributed by atoms with Gasteiger partial charge in [-0.25, -0.2) is 0 Å². The van der Waals surface area contributed by atoms with Gasteiger partial charge >= 0.3 is 0 Å². The molecular formula is C22H44. The molecule has 0 bridgehead atoms. The molecule has 1 rings (SSSR count). The molecule has 0 spiro atoms. The van der Waals surface area contributed by atoms with E-state index in [9.17, 15) is 0 Å². The zero-order valence-corrected chi connectivity index (χ0v) is 17.6. The van der Waals surface area contributed by atoms with Gasteiger partial charge in [0.25, 0.3) is 0 Å². The predicted molar refractivity (Wildman–Crippen MR) is 109 cm³/mol. The summed E-state index contributed by atoms with van der Waals surface area (Å²) in [6, 6.07) is 4.45. The quantitative estimate of drug-likeness (QED) is 0.483. The molecule has 0 fully saturated rings. The Morgan fingerprint density at radius 1 is 0.773 bits per heavy atom. The number of rotatable bonds is 2. The van der Waals surface area contributed by atoms with Gasteiger partial charge in [0.15, 0.2) is 0 Å². The first-order valence-corrected chi connectivity index (χ1v) is 8.96. The van der Waals surface area contributed by atoms with Crippen molar-refractivity contribution in [2.24, 2.45) is 5.92 Å². The van der Waals surface area contributed by atoms with Crippen molar-refractivity contribution in [3.63, 3.8) is 0 Å². The molecule has 0 aliphatic rings. The summed E-state index contributed by atoms with van der Waals surface area (Å²) in [4.78, 5) is 0. The molecule has 0 amide bonds. The summed E-state index contributed by atoms with van der Waals surface area (Å²) in [6.07, 6.45) is 2.66. The van der Waals surface area contributed by atoms with Crippen molar-refractivity contribution >= 4 is 0 Å². The maximum absolute atomic E-state index is 3.00. The predicted octanol–water partition coefficient (Wildman–Crippen LogP) is 8.22. The first-order valence-electron chi connectivity index (χ1n) is 8.96. The third-order valence-corrected chi connectivity index (χ3v) is 3.47. The maximum Gasteiger partial charge on any atom is -0.0392 e. The normalized spacial score (nSPS) is 8.00. The van der Waals surface area contributed by atoms with Gasteiger partial charge in [-0.05, 0) is 50.3 Å². The summed E-state index contributed by atoms with van der Waals surface area (Å²) < 4.78 is 0. The van der Waals surface area contributed by atoms with E-state index in [1.54, 1.807) is 0 Å². The average Bonchev–Trinajstić information content (AvgIpc) is 2.57. The largest absolute Gasteiger partial charge is 0.106 e. The van der Waals surface area contributed by atoms with Crippen LogP contribution < -0.4 is 0 Å². The topological polar surface area (TPSA) is 0 Å². The average molecular weight is 309 g/mol. The highest BCUT2D eigenvalue weighted by atomic mass is 14.0. The first-order chi connectivity index (χ1) is 10.4. The first kappa shape index (κ1) is 29.0. The van der Waals surface area contributed by atoms with E-state index in [1.807, 2.05) is 27.7 Å². The Kier molecular flexibility index (Phi) is 29.4. The highest BCUT2D eigenvalue weighted by molar-refractivity contribution is 5.35. The molecule has 0 atom stereocenters. The lowest BCUT2D eigenvalue weighted by molar-refractivity contribution is 0.544. The fraction of sp³-hybridized carbons (Fsp3) is 0.636. The van der Waals surface area contributed by atoms with Crippen molar-refractivity contribution in [1.29, 1.82) is 0 Å². The molecule has 132 valence electrons. The monoisotopic (exact) mass is 308 g/mol. The summed E-state index contributed by atoms with van der Waals surface area (Å²) in [5.41, 5.74) is 5.58. The van der Waals surface area contributed by atoms with Crippen molar-refractivity contribution < 1.29 is 0 Å². The third kappa shape index (κ3) is 17.0. The van der Waals surface area contributed by atoms with Crippen LogP contribution in [0, 0.1) is 33.6 Å². The molecule has 0 heterocycles. The zero-order valence-electron chi connectivity index (χ0n) is 17.6. The molecule has 0 nitrogen and oxygen atoms in total. The Labute approximate surface area is 143 Å². The molecule has 0 aromatic heterocycles. The third-order valence-electron chi connectivity index (χ3n) is 3.47. The van der Waals surface area contributed by atoms with Crippen LogP contribution in [0.3, 0.4) is 0 Å². The van der Waals surface area contributed by atoms with E-state index in [4.69, 9.17) is 0 Å². The lowest BCUT2D eigenvalue weighted by atomic mass is 10.0.